The van der Waals surface area contributed by atoms with Crippen LogP contribution >= 0.6 is 0 Å². The molecular formula is C14H13N3O3. The van der Waals surface area contributed by atoms with Crippen LogP contribution in [0.3, 0.4) is 0 Å². The highest BCUT2D eigenvalue weighted by Crippen LogP contribution is 2.11. The molecule has 0 aromatic heterocycles. The van der Waals surface area contributed by atoms with Crippen LogP contribution in [0.4, 0.5) is 5.69 Å². The average molecular weight is 271 g/mol. The number of hydrogen-bond acceptors (Lipinski definition) is 5. The molecule has 6 nitrogen and oxygen atoms in total. The predicted octanol–water partition coefficient (Wildman–Crippen LogP) is 1.37. The number of Topliss-reactive ketones (excluding diaryl/α,β-unsaturated/α-hetero) is 1. The molecule has 0 aliphatic rings. The van der Waals surface area contributed by atoms with E-state index in [0.717, 1.165) is 0 Å². The Balaban J connectivity index is 2.87. The van der Waals surface area contributed by atoms with Crippen molar-refractivity contribution in [2.24, 2.45) is 0 Å². The lowest BCUT2D eigenvalue weighted by molar-refractivity contribution is -0.126. The SMILES string of the molecule is CC(=O)NC(=O)C(C#N)=CNc1cccc(C(C)=O)c1. The van der Waals surface area contributed by atoms with E-state index in [-0.39, 0.29) is 11.4 Å². The van der Waals surface area contributed by atoms with E-state index in [1.165, 1.54) is 20.0 Å². The second kappa shape index (κ2) is 6.85. The lowest BCUT2D eigenvalue weighted by Gasteiger charge is -2.04. The summed E-state index contributed by atoms with van der Waals surface area (Å²) in [6, 6.07) is 8.29. The molecule has 2 N–H and O–H groups in total. The van der Waals surface area contributed by atoms with Gasteiger partial charge in [-0.3, -0.25) is 19.7 Å². The number of amides is 2. The standard InChI is InChI=1S/C14H13N3O3/c1-9(18)11-4-3-5-13(6-11)16-8-12(7-15)14(20)17-10(2)19/h3-6,8,16H,1-2H3,(H,17,19,20). The zero-order chi connectivity index (χ0) is 15.1. The Hall–Kier alpha value is -2.94. The summed E-state index contributed by atoms with van der Waals surface area (Å²) >= 11 is 0. The van der Waals surface area contributed by atoms with Crippen molar-refractivity contribution in [3.8, 4) is 6.07 Å². The summed E-state index contributed by atoms with van der Waals surface area (Å²) in [5.41, 5.74) is 0.824. The Morgan fingerprint density at radius 1 is 1.25 bits per heavy atom. The van der Waals surface area contributed by atoms with Crippen molar-refractivity contribution in [3.63, 3.8) is 0 Å². The second-order valence-corrected chi connectivity index (χ2v) is 3.96. The fourth-order valence-electron chi connectivity index (χ4n) is 1.36. The van der Waals surface area contributed by atoms with Crippen molar-refractivity contribution in [3.05, 3.63) is 41.6 Å². The minimum absolute atomic E-state index is 0.0903. The summed E-state index contributed by atoms with van der Waals surface area (Å²) in [5.74, 6) is -1.42. The first-order valence-corrected chi connectivity index (χ1v) is 5.73. The van der Waals surface area contributed by atoms with Gasteiger partial charge in [-0.05, 0) is 19.1 Å². The minimum Gasteiger partial charge on any atom is -0.360 e. The molecule has 0 saturated heterocycles. The van der Waals surface area contributed by atoms with Crippen LogP contribution in [0, 0.1) is 11.3 Å². The summed E-state index contributed by atoms with van der Waals surface area (Å²) < 4.78 is 0. The van der Waals surface area contributed by atoms with Crippen LogP contribution in [-0.4, -0.2) is 17.6 Å². The fraction of sp³-hybridized carbons (Fsp3) is 0.143. The monoisotopic (exact) mass is 271 g/mol. The Bertz CT molecular complexity index is 627. The summed E-state index contributed by atoms with van der Waals surface area (Å²) in [7, 11) is 0. The number of rotatable bonds is 4. The smallest absolute Gasteiger partial charge is 0.269 e. The van der Waals surface area contributed by atoms with Gasteiger partial charge in [-0.2, -0.15) is 5.26 Å². The van der Waals surface area contributed by atoms with E-state index in [1.807, 2.05) is 5.32 Å². The molecule has 0 atom stereocenters. The molecule has 6 heteroatoms. The van der Waals surface area contributed by atoms with Gasteiger partial charge in [0.2, 0.25) is 5.91 Å². The van der Waals surface area contributed by atoms with Crippen LogP contribution < -0.4 is 10.6 Å². The Labute approximate surface area is 116 Å². The van der Waals surface area contributed by atoms with Gasteiger partial charge in [0, 0.05) is 24.4 Å². The van der Waals surface area contributed by atoms with Gasteiger partial charge in [0.25, 0.3) is 5.91 Å². The molecule has 1 rings (SSSR count). The average Bonchev–Trinajstić information content (AvgIpc) is 2.39. The molecule has 0 saturated carbocycles. The number of carbonyl (C=O) groups is 3. The largest absolute Gasteiger partial charge is 0.360 e. The molecule has 20 heavy (non-hydrogen) atoms. The molecule has 0 aliphatic carbocycles. The number of ketones is 1. The van der Waals surface area contributed by atoms with Gasteiger partial charge in [-0.25, -0.2) is 0 Å². The summed E-state index contributed by atoms with van der Waals surface area (Å²) in [5, 5.41) is 13.6. The maximum atomic E-state index is 11.5. The number of hydrogen-bond donors (Lipinski definition) is 2. The van der Waals surface area contributed by atoms with Crippen LogP contribution in [0.2, 0.25) is 0 Å². The number of benzene rings is 1. The zero-order valence-electron chi connectivity index (χ0n) is 11.1. The number of carbonyl (C=O) groups excluding carboxylic acids is 3. The van der Waals surface area contributed by atoms with Crippen molar-refractivity contribution >= 4 is 23.3 Å². The minimum atomic E-state index is -0.782. The number of nitrogens with one attached hydrogen (secondary N) is 2. The molecule has 0 unspecified atom stereocenters. The Morgan fingerprint density at radius 2 is 1.95 bits per heavy atom. The molecule has 0 aliphatic heterocycles. The highest BCUT2D eigenvalue weighted by atomic mass is 16.2. The lowest BCUT2D eigenvalue weighted by Crippen LogP contribution is -2.29. The van der Waals surface area contributed by atoms with E-state index < -0.39 is 11.8 Å². The van der Waals surface area contributed by atoms with Gasteiger partial charge >= 0.3 is 0 Å². The van der Waals surface area contributed by atoms with Crippen LogP contribution in [0.15, 0.2) is 36.0 Å². The van der Waals surface area contributed by atoms with E-state index in [2.05, 4.69) is 5.32 Å². The topological polar surface area (TPSA) is 99.1 Å². The molecule has 102 valence electrons. The van der Waals surface area contributed by atoms with Crippen LogP contribution in [0.25, 0.3) is 0 Å². The normalized spacial score (nSPS) is 10.3. The molecule has 1 aromatic rings. The lowest BCUT2D eigenvalue weighted by atomic mass is 10.1. The van der Waals surface area contributed by atoms with Crippen molar-refractivity contribution in [2.45, 2.75) is 13.8 Å². The van der Waals surface area contributed by atoms with Gasteiger partial charge in [0.15, 0.2) is 5.78 Å². The molecule has 0 fully saturated rings. The third kappa shape index (κ3) is 4.38. The number of nitrogens with zero attached hydrogens (tertiary/aromatic N) is 1. The van der Waals surface area contributed by atoms with E-state index in [4.69, 9.17) is 5.26 Å². The first-order valence-electron chi connectivity index (χ1n) is 5.73. The number of anilines is 1. The van der Waals surface area contributed by atoms with Crippen LogP contribution in [0.1, 0.15) is 24.2 Å². The van der Waals surface area contributed by atoms with Gasteiger partial charge in [0.05, 0.1) is 0 Å². The van der Waals surface area contributed by atoms with E-state index >= 15 is 0 Å². The van der Waals surface area contributed by atoms with Crippen LogP contribution in [-0.2, 0) is 9.59 Å². The van der Waals surface area contributed by atoms with E-state index in [0.29, 0.717) is 11.3 Å². The molecule has 1 aromatic carbocycles. The zero-order valence-corrected chi connectivity index (χ0v) is 11.1. The van der Waals surface area contributed by atoms with Gasteiger partial charge in [0.1, 0.15) is 11.6 Å². The summed E-state index contributed by atoms with van der Waals surface area (Å²) in [6.07, 6.45) is 1.18. The summed E-state index contributed by atoms with van der Waals surface area (Å²) in [6.45, 7) is 2.62. The highest BCUT2D eigenvalue weighted by molar-refractivity contribution is 6.06. The van der Waals surface area contributed by atoms with E-state index in [1.54, 1.807) is 30.3 Å². The van der Waals surface area contributed by atoms with Crippen molar-refractivity contribution in [1.29, 1.82) is 5.26 Å². The maximum absolute atomic E-state index is 11.5. The molecule has 0 bridgehead atoms. The molecule has 2 amide bonds. The van der Waals surface area contributed by atoms with Crippen LogP contribution in [0.5, 0.6) is 0 Å². The fourth-order valence-corrected chi connectivity index (χ4v) is 1.36. The Kier molecular flexibility index (Phi) is 5.18. The van der Waals surface area contributed by atoms with Crippen molar-refractivity contribution in [1.82, 2.24) is 5.32 Å². The quantitative estimate of drug-likeness (QED) is 0.489. The molecule has 0 spiro atoms. The maximum Gasteiger partial charge on any atom is 0.269 e. The molecule has 0 radical (unpaired) electrons. The Morgan fingerprint density at radius 3 is 2.50 bits per heavy atom. The molecular weight excluding hydrogens is 258 g/mol. The first kappa shape index (κ1) is 15.1. The van der Waals surface area contributed by atoms with Gasteiger partial charge in [-0.1, -0.05) is 12.1 Å². The first-order chi connectivity index (χ1) is 9.43. The second-order valence-electron chi connectivity index (χ2n) is 3.96. The predicted molar refractivity (Wildman–Crippen MR) is 72.6 cm³/mol. The van der Waals surface area contributed by atoms with Gasteiger partial charge < -0.3 is 5.32 Å². The number of nitriles is 1. The van der Waals surface area contributed by atoms with Crippen molar-refractivity contribution < 1.29 is 14.4 Å². The third-order valence-electron chi connectivity index (χ3n) is 2.31. The van der Waals surface area contributed by atoms with Gasteiger partial charge in [-0.15, -0.1) is 0 Å². The van der Waals surface area contributed by atoms with Crippen molar-refractivity contribution in [2.75, 3.05) is 5.32 Å². The summed E-state index contributed by atoms with van der Waals surface area (Å²) in [4.78, 5) is 33.4. The van der Waals surface area contributed by atoms with E-state index in [9.17, 15) is 14.4 Å². The molecule has 0 heterocycles. The third-order valence-corrected chi connectivity index (χ3v) is 2.31. The number of imide groups is 1. The highest BCUT2D eigenvalue weighted by Gasteiger charge is 2.10.